The molecular weight excluding hydrogens is 382 g/mol. The van der Waals surface area contributed by atoms with E-state index in [4.69, 9.17) is 4.74 Å². The van der Waals surface area contributed by atoms with Crippen LogP contribution in [0.25, 0.3) is 17.2 Å². The van der Waals surface area contributed by atoms with Gasteiger partial charge in [-0.05, 0) is 38.0 Å². The molecule has 1 heterocycles. The van der Waals surface area contributed by atoms with Gasteiger partial charge >= 0.3 is 5.97 Å². The Morgan fingerprint density at radius 1 is 1.03 bits per heavy atom. The molecule has 0 spiro atoms. The third-order valence-electron chi connectivity index (χ3n) is 4.37. The summed E-state index contributed by atoms with van der Waals surface area (Å²) in [7, 11) is 0. The average Bonchev–Trinajstić information content (AvgIpc) is 3.04. The maximum atomic E-state index is 12.7. The third-order valence-corrected chi connectivity index (χ3v) is 5.39. The number of anilines is 1. The molecule has 0 bridgehead atoms. The van der Waals surface area contributed by atoms with Gasteiger partial charge in [-0.25, -0.2) is 4.79 Å². The molecule has 0 saturated carbocycles. The van der Waals surface area contributed by atoms with Crippen molar-refractivity contribution in [1.82, 2.24) is 0 Å². The fourth-order valence-electron chi connectivity index (χ4n) is 2.99. The first-order valence-corrected chi connectivity index (χ1v) is 10.2. The molecule has 1 N–H and O–H groups in total. The van der Waals surface area contributed by atoms with Crippen LogP contribution in [0.2, 0.25) is 0 Å². The molecule has 4 nitrogen and oxygen atoms in total. The number of carbonyl (C=O) groups is 2. The van der Waals surface area contributed by atoms with Crippen LogP contribution in [0.1, 0.15) is 33.3 Å². The van der Waals surface area contributed by atoms with Gasteiger partial charge in [-0.1, -0.05) is 60.2 Å². The van der Waals surface area contributed by atoms with Crippen molar-refractivity contribution < 1.29 is 14.3 Å². The van der Waals surface area contributed by atoms with Crippen LogP contribution in [0.4, 0.5) is 5.00 Å². The molecule has 148 valence electrons. The number of benzene rings is 2. The van der Waals surface area contributed by atoms with E-state index in [-0.39, 0.29) is 12.5 Å². The van der Waals surface area contributed by atoms with Crippen molar-refractivity contribution in [2.75, 3.05) is 11.9 Å². The Hall–Kier alpha value is -3.18. The van der Waals surface area contributed by atoms with Crippen LogP contribution in [-0.2, 0) is 9.53 Å². The second-order valence-electron chi connectivity index (χ2n) is 6.56. The molecule has 2 aromatic carbocycles. The van der Waals surface area contributed by atoms with Crippen LogP contribution < -0.4 is 5.32 Å². The van der Waals surface area contributed by atoms with Gasteiger partial charge in [-0.15, -0.1) is 11.3 Å². The normalized spacial score (nSPS) is 10.9. The van der Waals surface area contributed by atoms with E-state index in [1.165, 1.54) is 17.4 Å². The molecule has 0 fully saturated rings. The monoisotopic (exact) mass is 405 g/mol. The first kappa shape index (κ1) is 20.6. The number of hydrogen-bond acceptors (Lipinski definition) is 4. The number of carbonyl (C=O) groups excluding carboxylic acids is 2. The quantitative estimate of drug-likeness (QED) is 0.413. The summed E-state index contributed by atoms with van der Waals surface area (Å²) < 4.78 is 5.26. The lowest BCUT2D eigenvalue weighted by molar-refractivity contribution is -0.111. The Labute approximate surface area is 174 Å². The van der Waals surface area contributed by atoms with Gasteiger partial charge in [0, 0.05) is 16.5 Å². The van der Waals surface area contributed by atoms with Gasteiger partial charge in [0.1, 0.15) is 10.6 Å². The number of ether oxygens (including phenoxy) is 1. The lowest BCUT2D eigenvalue weighted by Gasteiger charge is -2.08. The summed E-state index contributed by atoms with van der Waals surface area (Å²) in [5.41, 5.74) is 4.21. The fraction of sp³-hybridized carbons (Fsp3) is 0.167. The summed E-state index contributed by atoms with van der Waals surface area (Å²) in [4.78, 5) is 26.1. The highest BCUT2D eigenvalue weighted by Gasteiger charge is 2.25. The molecule has 0 unspecified atom stereocenters. The second kappa shape index (κ2) is 9.34. The first-order valence-electron chi connectivity index (χ1n) is 9.41. The number of amides is 1. The van der Waals surface area contributed by atoms with E-state index >= 15 is 0 Å². The van der Waals surface area contributed by atoms with Crippen molar-refractivity contribution >= 4 is 34.3 Å². The molecule has 0 aliphatic heterocycles. The lowest BCUT2D eigenvalue weighted by atomic mass is 10.0. The van der Waals surface area contributed by atoms with Gasteiger partial charge in [0.2, 0.25) is 5.91 Å². The van der Waals surface area contributed by atoms with Crippen LogP contribution >= 0.6 is 11.3 Å². The Balaban J connectivity index is 1.91. The van der Waals surface area contributed by atoms with E-state index in [9.17, 15) is 9.59 Å². The minimum atomic E-state index is -0.437. The Morgan fingerprint density at radius 2 is 1.72 bits per heavy atom. The van der Waals surface area contributed by atoms with Crippen molar-refractivity contribution in [3.05, 3.63) is 82.2 Å². The first-order chi connectivity index (χ1) is 14.0. The highest BCUT2D eigenvalue weighted by molar-refractivity contribution is 7.17. The zero-order valence-corrected chi connectivity index (χ0v) is 17.5. The van der Waals surface area contributed by atoms with Crippen LogP contribution in [0.15, 0.2) is 60.7 Å². The maximum Gasteiger partial charge on any atom is 0.341 e. The van der Waals surface area contributed by atoms with Crippen molar-refractivity contribution in [2.45, 2.75) is 20.8 Å². The minimum absolute atomic E-state index is 0.267. The van der Waals surface area contributed by atoms with Gasteiger partial charge in [0.25, 0.3) is 0 Å². The maximum absolute atomic E-state index is 12.7. The van der Waals surface area contributed by atoms with Gasteiger partial charge in [0.15, 0.2) is 0 Å². The summed E-state index contributed by atoms with van der Waals surface area (Å²) in [6.07, 6.45) is 3.22. The largest absolute Gasteiger partial charge is 0.462 e. The molecule has 5 heteroatoms. The number of rotatable bonds is 6. The zero-order valence-electron chi connectivity index (χ0n) is 16.7. The Kier molecular flexibility index (Phi) is 6.62. The molecule has 1 amide bonds. The predicted octanol–water partition coefficient (Wildman–Crippen LogP) is 5.86. The minimum Gasteiger partial charge on any atom is -0.462 e. The molecular formula is C24H23NO3S. The van der Waals surface area contributed by atoms with Gasteiger partial charge in [-0.3, -0.25) is 4.79 Å². The van der Waals surface area contributed by atoms with E-state index in [2.05, 4.69) is 5.32 Å². The number of thiophene rings is 1. The third kappa shape index (κ3) is 5.00. The van der Waals surface area contributed by atoms with Crippen LogP contribution in [-0.4, -0.2) is 18.5 Å². The highest BCUT2D eigenvalue weighted by atomic mass is 32.1. The van der Waals surface area contributed by atoms with Crippen molar-refractivity contribution in [1.29, 1.82) is 0 Å². The van der Waals surface area contributed by atoms with Gasteiger partial charge in [0.05, 0.1) is 6.61 Å². The van der Waals surface area contributed by atoms with E-state index in [1.54, 1.807) is 13.0 Å². The SMILES string of the molecule is CCOC(=O)c1c(NC(=O)/C=C/c2ccc(C)cc2)sc(C)c1-c1ccccc1. The summed E-state index contributed by atoms with van der Waals surface area (Å²) in [6.45, 7) is 5.98. The fourth-order valence-corrected chi connectivity index (χ4v) is 4.05. The van der Waals surface area contributed by atoms with Crippen LogP contribution in [0.3, 0.4) is 0 Å². The lowest BCUT2D eigenvalue weighted by Crippen LogP contribution is -2.12. The average molecular weight is 406 g/mol. The molecule has 0 aliphatic rings. The van der Waals surface area contributed by atoms with Crippen LogP contribution in [0, 0.1) is 13.8 Å². The summed E-state index contributed by atoms with van der Waals surface area (Å²) in [5, 5.41) is 3.35. The standard InChI is InChI=1S/C24H23NO3S/c1-4-28-24(27)22-21(19-8-6-5-7-9-19)17(3)29-23(22)25-20(26)15-14-18-12-10-16(2)11-13-18/h5-15H,4H2,1-3H3,(H,25,26)/b15-14+. The predicted molar refractivity (Wildman–Crippen MR) is 119 cm³/mol. The number of nitrogens with one attached hydrogen (secondary N) is 1. The molecule has 3 aromatic rings. The van der Waals surface area contributed by atoms with E-state index < -0.39 is 5.97 Å². The molecule has 29 heavy (non-hydrogen) atoms. The topological polar surface area (TPSA) is 55.4 Å². The number of hydrogen-bond donors (Lipinski definition) is 1. The zero-order chi connectivity index (χ0) is 20.8. The van der Waals surface area contributed by atoms with Crippen LogP contribution in [0.5, 0.6) is 0 Å². The Bertz CT molecular complexity index is 1030. The summed E-state index contributed by atoms with van der Waals surface area (Å²) >= 11 is 1.38. The van der Waals surface area contributed by atoms with Gasteiger partial charge in [-0.2, -0.15) is 0 Å². The number of esters is 1. The van der Waals surface area contributed by atoms with E-state index in [1.807, 2.05) is 68.4 Å². The van der Waals surface area contributed by atoms with Gasteiger partial charge < -0.3 is 10.1 Å². The molecule has 0 saturated heterocycles. The molecule has 3 rings (SSSR count). The van der Waals surface area contributed by atoms with Crippen molar-refractivity contribution in [2.24, 2.45) is 0 Å². The molecule has 0 atom stereocenters. The molecule has 0 aliphatic carbocycles. The van der Waals surface area contributed by atoms with Crippen molar-refractivity contribution in [3.63, 3.8) is 0 Å². The second-order valence-corrected chi connectivity index (χ2v) is 7.78. The molecule has 1 aromatic heterocycles. The number of aryl methyl sites for hydroxylation is 2. The van der Waals surface area contributed by atoms with Crippen molar-refractivity contribution in [3.8, 4) is 11.1 Å². The smallest absolute Gasteiger partial charge is 0.341 e. The molecule has 0 radical (unpaired) electrons. The summed E-state index contributed by atoms with van der Waals surface area (Å²) in [5.74, 6) is -0.731. The van der Waals surface area contributed by atoms with E-state index in [0.717, 1.165) is 27.1 Å². The van der Waals surface area contributed by atoms with E-state index in [0.29, 0.717) is 10.6 Å². The summed E-state index contributed by atoms with van der Waals surface area (Å²) in [6, 6.07) is 17.5. The highest BCUT2D eigenvalue weighted by Crippen LogP contribution is 2.40. The Morgan fingerprint density at radius 3 is 2.38 bits per heavy atom.